The predicted molar refractivity (Wildman–Crippen MR) is 116 cm³/mol. The Morgan fingerprint density at radius 2 is 1.23 bits per heavy atom. The Hall–Kier alpha value is -3.74. The molecule has 7 heteroatoms. The van der Waals surface area contributed by atoms with E-state index in [1.54, 1.807) is 70.9 Å². The van der Waals surface area contributed by atoms with Crippen molar-refractivity contribution in [3.05, 3.63) is 65.7 Å². The summed E-state index contributed by atoms with van der Waals surface area (Å²) in [5, 5.41) is 9.97. The van der Waals surface area contributed by atoms with Gasteiger partial charge in [-0.05, 0) is 35.9 Å². The van der Waals surface area contributed by atoms with Crippen molar-refractivity contribution in [3.63, 3.8) is 0 Å². The van der Waals surface area contributed by atoms with E-state index < -0.39 is 0 Å². The second-order valence-corrected chi connectivity index (χ2v) is 6.58. The van der Waals surface area contributed by atoms with Crippen LogP contribution in [0.1, 0.15) is 11.1 Å². The van der Waals surface area contributed by atoms with Crippen LogP contribution in [0.25, 0.3) is 0 Å². The second kappa shape index (κ2) is 10.3. The van der Waals surface area contributed by atoms with Gasteiger partial charge < -0.3 is 33.5 Å². The average molecular weight is 426 g/mol. The van der Waals surface area contributed by atoms with E-state index in [0.29, 0.717) is 34.5 Å². The molecule has 0 amide bonds. The lowest BCUT2D eigenvalue weighted by Gasteiger charge is -2.17. The Morgan fingerprint density at radius 1 is 0.613 bits per heavy atom. The van der Waals surface area contributed by atoms with Crippen LogP contribution < -0.4 is 28.4 Å². The number of hydrogen-bond donors (Lipinski definition) is 1. The number of aromatic hydroxyl groups is 1. The van der Waals surface area contributed by atoms with E-state index in [9.17, 15) is 5.11 Å². The van der Waals surface area contributed by atoms with Crippen LogP contribution in [0.3, 0.4) is 0 Å². The number of hydrogen-bond acceptors (Lipinski definition) is 7. The first kappa shape index (κ1) is 22.0. The number of rotatable bonds is 10. The van der Waals surface area contributed by atoms with Gasteiger partial charge in [0.05, 0.1) is 28.4 Å². The van der Waals surface area contributed by atoms with E-state index in [1.807, 2.05) is 12.1 Å². The van der Waals surface area contributed by atoms with Crippen LogP contribution in [-0.2, 0) is 13.2 Å². The molecule has 0 spiro atoms. The van der Waals surface area contributed by atoms with Crippen molar-refractivity contribution < 1.29 is 33.5 Å². The zero-order valence-electron chi connectivity index (χ0n) is 18.0. The smallest absolute Gasteiger partial charge is 0.164 e. The molecule has 0 aromatic heterocycles. The van der Waals surface area contributed by atoms with Gasteiger partial charge in [0.2, 0.25) is 0 Å². The van der Waals surface area contributed by atoms with Gasteiger partial charge in [-0.2, -0.15) is 0 Å². The topological polar surface area (TPSA) is 75.6 Å². The third kappa shape index (κ3) is 5.45. The van der Waals surface area contributed by atoms with Gasteiger partial charge in [-0.25, -0.2) is 0 Å². The summed E-state index contributed by atoms with van der Waals surface area (Å²) in [6, 6.07) is 15.9. The average Bonchev–Trinajstić information content (AvgIpc) is 2.81. The number of benzene rings is 3. The zero-order valence-corrected chi connectivity index (χ0v) is 18.0. The van der Waals surface area contributed by atoms with Gasteiger partial charge in [-0.1, -0.05) is 12.1 Å². The van der Waals surface area contributed by atoms with Gasteiger partial charge in [-0.3, -0.25) is 0 Å². The van der Waals surface area contributed by atoms with Gasteiger partial charge in [0.1, 0.15) is 30.5 Å². The van der Waals surface area contributed by atoms with Crippen molar-refractivity contribution in [1.29, 1.82) is 0 Å². The SMILES string of the molecule is COc1cc(COc2cc(OC)c(OC)cc2COc2ccccc2O)cc(OC)c1. The molecular weight excluding hydrogens is 400 g/mol. The summed E-state index contributed by atoms with van der Waals surface area (Å²) in [6.07, 6.45) is 0. The maximum absolute atomic E-state index is 9.97. The monoisotopic (exact) mass is 426 g/mol. The lowest BCUT2D eigenvalue weighted by molar-refractivity contribution is 0.262. The molecule has 31 heavy (non-hydrogen) atoms. The number of para-hydroxylation sites is 2. The maximum atomic E-state index is 9.97. The van der Waals surface area contributed by atoms with E-state index in [-0.39, 0.29) is 19.0 Å². The number of methoxy groups -OCH3 is 4. The molecule has 7 nitrogen and oxygen atoms in total. The molecule has 1 N–H and O–H groups in total. The van der Waals surface area contributed by atoms with Gasteiger partial charge >= 0.3 is 0 Å². The Kier molecular flexibility index (Phi) is 7.32. The molecule has 0 bridgehead atoms. The van der Waals surface area contributed by atoms with E-state index in [1.165, 1.54) is 0 Å². The van der Waals surface area contributed by atoms with Crippen LogP contribution in [0.2, 0.25) is 0 Å². The first-order valence-corrected chi connectivity index (χ1v) is 9.58. The van der Waals surface area contributed by atoms with Crippen molar-refractivity contribution in [3.8, 4) is 40.2 Å². The van der Waals surface area contributed by atoms with Crippen LogP contribution in [0, 0.1) is 0 Å². The second-order valence-electron chi connectivity index (χ2n) is 6.58. The molecule has 0 aliphatic heterocycles. The molecule has 0 aliphatic rings. The highest BCUT2D eigenvalue weighted by molar-refractivity contribution is 5.51. The van der Waals surface area contributed by atoms with Crippen molar-refractivity contribution >= 4 is 0 Å². The van der Waals surface area contributed by atoms with Crippen LogP contribution in [0.4, 0.5) is 0 Å². The molecule has 0 aliphatic carbocycles. The Labute approximate surface area is 181 Å². The van der Waals surface area contributed by atoms with E-state index in [0.717, 1.165) is 11.1 Å². The van der Waals surface area contributed by atoms with Crippen molar-refractivity contribution in [2.75, 3.05) is 28.4 Å². The molecular formula is C24H26O7. The minimum atomic E-state index is 0.0638. The first-order chi connectivity index (χ1) is 15.1. The third-order valence-corrected chi connectivity index (χ3v) is 4.62. The van der Waals surface area contributed by atoms with E-state index in [4.69, 9.17) is 28.4 Å². The summed E-state index contributed by atoms with van der Waals surface area (Å²) in [5.41, 5.74) is 1.61. The molecule has 0 radical (unpaired) electrons. The summed E-state index contributed by atoms with van der Waals surface area (Å²) in [7, 11) is 6.33. The predicted octanol–water partition coefficient (Wildman–Crippen LogP) is 4.58. The summed E-state index contributed by atoms with van der Waals surface area (Å²) >= 11 is 0. The van der Waals surface area contributed by atoms with Gasteiger partial charge in [-0.15, -0.1) is 0 Å². The number of phenolic OH excluding ortho intramolecular Hbond substituents is 1. The van der Waals surface area contributed by atoms with Crippen molar-refractivity contribution in [1.82, 2.24) is 0 Å². The molecule has 0 atom stereocenters. The lowest BCUT2D eigenvalue weighted by atomic mass is 10.1. The fourth-order valence-corrected chi connectivity index (χ4v) is 3.00. The van der Waals surface area contributed by atoms with Gasteiger partial charge in [0, 0.05) is 17.7 Å². The van der Waals surface area contributed by atoms with Crippen LogP contribution >= 0.6 is 0 Å². The first-order valence-electron chi connectivity index (χ1n) is 9.58. The molecule has 0 fully saturated rings. The number of phenols is 1. The van der Waals surface area contributed by atoms with Gasteiger partial charge in [0.15, 0.2) is 23.0 Å². The Morgan fingerprint density at radius 3 is 1.84 bits per heavy atom. The van der Waals surface area contributed by atoms with E-state index in [2.05, 4.69) is 0 Å². The molecule has 3 aromatic rings. The highest BCUT2D eigenvalue weighted by atomic mass is 16.5. The highest BCUT2D eigenvalue weighted by Crippen LogP contribution is 2.36. The summed E-state index contributed by atoms with van der Waals surface area (Å²) in [6.45, 7) is 0.432. The van der Waals surface area contributed by atoms with Crippen LogP contribution in [-0.4, -0.2) is 33.5 Å². The van der Waals surface area contributed by atoms with Crippen molar-refractivity contribution in [2.45, 2.75) is 13.2 Å². The maximum Gasteiger partial charge on any atom is 0.164 e. The zero-order chi connectivity index (χ0) is 22.2. The number of ether oxygens (including phenoxy) is 6. The fraction of sp³-hybridized carbons (Fsp3) is 0.250. The molecule has 0 unspecified atom stereocenters. The van der Waals surface area contributed by atoms with Crippen LogP contribution in [0.5, 0.6) is 40.2 Å². The molecule has 0 saturated heterocycles. The Bertz CT molecular complexity index is 995. The molecule has 0 saturated carbocycles. The quantitative estimate of drug-likeness (QED) is 0.508. The molecule has 164 valence electrons. The summed E-state index contributed by atoms with van der Waals surface area (Å²) in [4.78, 5) is 0. The lowest BCUT2D eigenvalue weighted by Crippen LogP contribution is -2.04. The minimum absolute atomic E-state index is 0.0638. The normalized spacial score (nSPS) is 10.3. The fourth-order valence-electron chi connectivity index (χ4n) is 3.00. The van der Waals surface area contributed by atoms with Gasteiger partial charge in [0.25, 0.3) is 0 Å². The summed E-state index contributed by atoms with van der Waals surface area (Å²) in [5.74, 6) is 3.44. The van der Waals surface area contributed by atoms with Crippen molar-refractivity contribution in [2.24, 2.45) is 0 Å². The molecule has 3 rings (SSSR count). The molecule has 0 heterocycles. The minimum Gasteiger partial charge on any atom is -0.504 e. The molecule has 3 aromatic carbocycles. The Balaban J connectivity index is 1.86. The third-order valence-electron chi connectivity index (χ3n) is 4.62. The summed E-state index contributed by atoms with van der Waals surface area (Å²) < 4.78 is 33.4. The standard InChI is InChI=1S/C24H26O7/c1-26-18-9-16(10-19(12-18)27-2)14-30-22-13-24(29-4)23(28-3)11-17(22)15-31-21-8-6-5-7-20(21)25/h5-13,25H,14-15H2,1-4H3. The van der Waals surface area contributed by atoms with E-state index >= 15 is 0 Å². The highest BCUT2D eigenvalue weighted by Gasteiger charge is 2.15. The largest absolute Gasteiger partial charge is 0.504 e. The van der Waals surface area contributed by atoms with Crippen LogP contribution in [0.15, 0.2) is 54.6 Å².